The Hall–Kier alpha value is -3.91. The van der Waals surface area contributed by atoms with Crippen LogP contribution in [0.1, 0.15) is 12.0 Å². The first kappa shape index (κ1) is 23.8. The fraction of sp³-hybridized carbons (Fsp3) is 0.179. The van der Waals surface area contributed by atoms with Crippen molar-refractivity contribution in [2.24, 2.45) is 0 Å². The van der Waals surface area contributed by atoms with Crippen molar-refractivity contribution in [2.45, 2.75) is 12.8 Å². The van der Waals surface area contributed by atoms with Crippen molar-refractivity contribution in [2.75, 3.05) is 25.5 Å². The van der Waals surface area contributed by atoms with Gasteiger partial charge in [0.25, 0.3) is 0 Å². The molecule has 0 saturated heterocycles. The maximum absolute atomic E-state index is 12.8. The van der Waals surface area contributed by atoms with Gasteiger partial charge in [0.1, 0.15) is 11.6 Å². The lowest BCUT2D eigenvalue weighted by Crippen LogP contribution is -2.30. The summed E-state index contributed by atoms with van der Waals surface area (Å²) in [5.41, 5.74) is 2.96. The zero-order valence-corrected chi connectivity index (χ0v) is 21.4. The first-order valence-electron chi connectivity index (χ1n) is 11.8. The van der Waals surface area contributed by atoms with Crippen LogP contribution in [0.2, 0.25) is 0 Å². The second-order valence-electron chi connectivity index (χ2n) is 8.73. The molecule has 0 spiro atoms. The Morgan fingerprint density at radius 2 is 1.83 bits per heavy atom. The van der Waals surface area contributed by atoms with Crippen molar-refractivity contribution in [1.29, 1.82) is 0 Å². The van der Waals surface area contributed by atoms with Crippen molar-refractivity contribution >= 4 is 44.1 Å². The summed E-state index contributed by atoms with van der Waals surface area (Å²) in [7, 11) is 1.84. The third-order valence-corrected chi connectivity index (χ3v) is 6.74. The number of hydrogen-bond acceptors (Lipinski definition) is 5. The number of fused-ring (bicyclic) bond motifs is 2. The van der Waals surface area contributed by atoms with Crippen molar-refractivity contribution in [3.63, 3.8) is 0 Å². The zero-order valence-electron chi connectivity index (χ0n) is 19.9. The number of nitrogens with one attached hydrogen (secondary N) is 1. The average molecular weight is 544 g/mol. The van der Waals surface area contributed by atoms with Gasteiger partial charge in [-0.2, -0.15) is 9.61 Å². The molecule has 0 aliphatic heterocycles. The van der Waals surface area contributed by atoms with Crippen LogP contribution in [0, 0.1) is 0 Å². The fourth-order valence-electron chi connectivity index (χ4n) is 4.21. The first-order chi connectivity index (χ1) is 17.5. The highest BCUT2D eigenvalue weighted by Gasteiger charge is 2.14. The minimum absolute atomic E-state index is 0.0921. The summed E-state index contributed by atoms with van der Waals surface area (Å²) in [6, 6.07) is 23.3. The van der Waals surface area contributed by atoms with Crippen LogP contribution >= 0.6 is 15.9 Å². The van der Waals surface area contributed by atoms with Crippen LogP contribution in [0.3, 0.4) is 0 Å². The van der Waals surface area contributed by atoms with Crippen molar-refractivity contribution in [3.8, 4) is 17.0 Å². The predicted molar refractivity (Wildman–Crippen MR) is 146 cm³/mol. The second-order valence-corrected chi connectivity index (χ2v) is 9.58. The quantitative estimate of drug-likeness (QED) is 0.252. The van der Waals surface area contributed by atoms with Crippen molar-refractivity contribution in [1.82, 2.24) is 19.5 Å². The number of aromatic nitrogens is 3. The number of phenolic OH excluding ortho intramolecular Hbond substituents is 1. The first-order valence-corrected chi connectivity index (χ1v) is 12.6. The number of anilines is 1. The molecular formula is C28H26BrN5O2. The van der Waals surface area contributed by atoms with Crippen molar-refractivity contribution < 1.29 is 9.90 Å². The monoisotopic (exact) mass is 543 g/mol. The third-order valence-electron chi connectivity index (χ3n) is 6.18. The maximum atomic E-state index is 12.8. The molecule has 1 amide bonds. The number of nitrogens with zero attached hydrogens (tertiary/aromatic N) is 4. The van der Waals surface area contributed by atoms with Crippen LogP contribution in [0.5, 0.6) is 5.75 Å². The molecule has 0 aliphatic rings. The SMILES string of the molecule is CN(CCCNc1cc(-c2ccccc2O)nc2c(Br)cnn12)C(=O)Cc1ccc2ccccc2c1. The molecule has 2 aromatic heterocycles. The van der Waals surface area contributed by atoms with Gasteiger partial charge in [-0.15, -0.1) is 0 Å². The summed E-state index contributed by atoms with van der Waals surface area (Å²) < 4.78 is 2.49. The van der Waals surface area contributed by atoms with Gasteiger partial charge in [-0.1, -0.05) is 54.6 Å². The number of para-hydroxylation sites is 1. The Kier molecular flexibility index (Phi) is 6.86. The average Bonchev–Trinajstić information content (AvgIpc) is 3.27. The lowest BCUT2D eigenvalue weighted by Gasteiger charge is -2.18. The maximum Gasteiger partial charge on any atom is 0.226 e. The van der Waals surface area contributed by atoms with Crippen LogP contribution in [0.4, 0.5) is 5.82 Å². The van der Waals surface area contributed by atoms with Gasteiger partial charge in [-0.25, -0.2) is 4.98 Å². The number of likely N-dealkylation sites (N-methyl/N-ethyl adjacent to an activating group) is 1. The highest BCUT2D eigenvalue weighted by molar-refractivity contribution is 9.10. The molecule has 5 rings (SSSR count). The number of rotatable bonds is 8. The van der Waals surface area contributed by atoms with Crippen LogP contribution in [-0.2, 0) is 11.2 Å². The highest BCUT2D eigenvalue weighted by Crippen LogP contribution is 2.31. The minimum Gasteiger partial charge on any atom is -0.507 e. The van der Waals surface area contributed by atoms with Crippen LogP contribution in [-0.4, -0.2) is 50.6 Å². The van der Waals surface area contributed by atoms with Crippen LogP contribution in [0.25, 0.3) is 27.7 Å². The summed E-state index contributed by atoms with van der Waals surface area (Å²) >= 11 is 3.50. The number of phenols is 1. The van der Waals surface area contributed by atoms with E-state index in [-0.39, 0.29) is 11.7 Å². The van der Waals surface area contributed by atoms with Crippen LogP contribution in [0.15, 0.2) is 83.5 Å². The van der Waals surface area contributed by atoms with Crippen molar-refractivity contribution in [3.05, 3.63) is 89.0 Å². The number of benzene rings is 3. The molecule has 36 heavy (non-hydrogen) atoms. The van der Waals surface area contributed by atoms with Gasteiger partial charge in [-0.3, -0.25) is 4.79 Å². The summed E-state index contributed by atoms with van der Waals surface area (Å²) in [4.78, 5) is 19.2. The van der Waals surface area contributed by atoms with E-state index in [2.05, 4.69) is 55.6 Å². The lowest BCUT2D eigenvalue weighted by molar-refractivity contribution is -0.129. The predicted octanol–water partition coefficient (Wildman–Crippen LogP) is 5.52. The Morgan fingerprint density at radius 3 is 2.67 bits per heavy atom. The molecule has 0 radical (unpaired) electrons. The van der Waals surface area contributed by atoms with Gasteiger partial charge in [0.15, 0.2) is 5.65 Å². The van der Waals surface area contributed by atoms with E-state index in [9.17, 15) is 9.90 Å². The van der Waals surface area contributed by atoms with E-state index in [0.29, 0.717) is 36.4 Å². The summed E-state index contributed by atoms with van der Waals surface area (Å²) in [6.07, 6.45) is 2.84. The molecule has 0 aliphatic carbocycles. The molecule has 0 bridgehead atoms. The Morgan fingerprint density at radius 1 is 1.06 bits per heavy atom. The van der Waals surface area contributed by atoms with Gasteiger partial charge >= 0.3 is 0 Å². The van der Waals surface area contributed by atoms with E-state index in [1.807, 2.05) is 43.4 Å². The smallest absolute Gasteiger partial charge is 0.226 e. The Balaban J connectivity index is 1.22. The molecule has 8 heteroatoms. The third kappa shape index (κ3) is 5.04. The van der Waals surface area contributed by atoms with E-state index in [0.717, 1.165) is 27.7 Å². The summed E-state index contributed by atoms with van der Waals surface area (Å²) in [5.74, 6) is 1.02. The molecule has 3 aromatic carbocycles. The molecule has 2 heterocycles. The van der Waals surface area contributed by atoms with Gasteiger partial charge in [0.2, 0.25) is 5.91 Å². The van der Waals surface area contributed by atoms with E-state index in [4.69, 9.17) is 0 Å². The number of carbonyl (C=O) groups excluding carboxylic acids is 1. The van der Waals surface area contributed by atoms with Gasteiger partial charge in [-0.05, 0) is 50.8 Å². The summed E-state index contributed by atoms with van der Waals surface area (Å²) in [5, 5.41) is 20.4. The molecular weight excluding hydrogens is 518 g/mol. The molecule has 0 fully saturated rings. The largest absolute Gasteiger partial charge is 0.507 e. The molecule has 2 N–H and O–H groups in total. The molecule has 0 atom stereocenters. The minimum atomic E-state index is 0.0921. The molecule has 7 nitrogen and oxygen atoms in total. The number of hydrogen-bond donors (Lipinski definition) is 2. The highest BCUT2D eigenvalue weighted by atomic mass is 79.9. The van der Waals surface area contributed by atoms with E-state index in [1.54, 1.807) is 27.7 Å². The van der Waals surface area contributed by atoms with Gasteiger partial charge in [0.05, 0.1) is 22.8 Å². The summed E-state index contributed by atoms with van der Waals surface area (Å²) in [6.45, 7) is 1.27. The molecule has 0 saturated carbocycles. The normalized spacial score (nSPS) is 11.2. The second kappa shape index (κ2) is 10.4. The Labute approximate surface area is 217 Å². The lowest BCUT2D eigenvalue weighted by atomic mass is 10.0. The van der Waals surface area contributed by atoms with E-state index >= 15 is 0 Å². The Bertz CT molecular complexity index is 1550. The molecule has 5 aromatic rings. The van der Waals surface area contributed by atoms with Crippen LogP contribution < -0.4 is 5.32 Å². The van der Waals surface area contributed by atoms with Gasteiger partial charge < -0.3 is 15.3 Å². The number of aromatic hydroxyl groups is 1. The van der Waals surface area contributed by atoms with Gasteiger partial charge in [0, 0.05) is 31.8 Å². The molecule has 0 unspecified atom stereocenters. The van der Waals surface area contributed by atoms with E-state index < -0.39 is 0 Å². The topological polar surface area (TPSA) is 82.8 Å². The number of halogens is 1. The number of carbonyl (C=O) groups is 1. The standard InChI is InChI=1S/C28H26BrN5O2/c1-33(27(36)16-19-11-12-20-7-2-3-8-21(20)15-19)14-6-13-30-26-17-24(22-9-4-5-10-25(22)35)32-28-23(29)18-31-34(26)28/h2-5,7-12,15,17-18,30,35H,6,13-14,16H2,1H3. The number of amides is 1. The molecule has 182 valence electrons. The van der Waals surface area contributed by atoms with E-state index in [1.165, 1.54) is 5.39 Å². The fourth-order valence-corrected chi connectivity index (χ4v) is 4.55. The zero-order chi connectivity index (χ0) is 25.1.